The number of carbonyl (C=O) groups is 2. The minimum atomic E-state index is -0.745. The quantitative estimate of drug-likeness (QED) is 0.346. The summed E-state index contributed by atoms with van der Waals surface area (Å²) < 4.78 is 16.8. The lowest BCUT2D eigenvalue weighted by Crippen LogP contribution is -2.61. The van der Waals surface area contributed by atoms with E-state index in [0.717, 1.165) is 11.1 Å². The SMILES string of the molecule is CCOC(=O)c1ccc(N2C(=O)[C@H](Oc3ccc(Cl)cc3C)[C@@H]2c2ccccc2OC)cc1. The van der Waals surface area contributed by atoms with Crippen molar-refractivity contribution in [3.05, 3.63) is 88.4 Å². The summed E-state index contributed by atoms with van der Waals surface area (Å²) in [5, 5.41) is 0.601. The summed E-state index contributed by atoms with van der Waals surface area (Å²) in [5.41, 5.74) is 2.74. The van der Waals surface area contributed by atoms with Gasteiger partial charge in [-0.2, -0.15) is 0 Å². The van der Waals surface area contributed by atoms with Crippen LogP contribution in [0.15, 0.2) is 66.7 Å². The normalized spacial score (nSPS) is 17.3. The van der Waals surface area contributed by atoms with Crippen molar-refractivity contribution in [2.24, 2.45) is 0 Å². The molecule has 3 aromatic carbocycles. The maximum atomic E-state index is 13.3. The van der Waals surface area contributed by atoms with Gasteiger partial charge in [-0.1, -0.05) is 29.8 Å². The molecule has 7 heteroatoms. The first-order valence-electron chi connectivity index (χ1n) is 10.6. The predicted molar refractivity (Wildman–Crippen MR) is 126 cm³/mol. The second kappa shape index (κ2) is 9.55. The smallest absolute Gasteiger partial charge is 0.338 e. The van der Waals surface area contributed by atoms with E-state index in [0.29, 0.717) is 34.4 Å². The number of carbonyl (C=O) groups excluding carboxylic acids is 2. The Labute approximate surface area is 197 Å². The van der Waals surface area contributed by atoms with Crippen molar-refractivity contribution in [2.45, 2.75) is 26.0 Å². The van der Waals surface area contributed by atoms with E-state index < -0.39 is 18.1 Å². The van der Waals surface area contributed by atoms with Gasteiger partial charge in [-0.3, -0.25) is 9.69 Å². The molecular weight excluding hydrogens is 442 g/mol. The van der Waals surface area contributed by atoms with E-state index in [1.807, 2.05) is 31.2 Å². The fraction of sp³-hybridized carbons (Fsp3) is 0.231. The van der Waals surface area contributed by atoms with Crippen LogP contribution < -0.4 is 14.4 Å². The second-order valence-electron chi connectivity index (χ2n) is 7.61. The van der Waals surface area contributed by atoms with Crippen molar-refractivity contribution in [2.75, 3.05) is 18.6 Å². The van der Waals surface area contributed by atoms with E-state index in [1.54, 1.807) is 61.4 Å². The number of rotatable bonds is 7. The molecule has 6 nitrogen and oxygen atoms in total. The van der Waals surface area contributed by atoms with Crippen LogP contribution in [0.1, 0.15) is 34.5 Å². The zero-order valence-electron chi connectivity index (χ0n) is 18.6. The molecule has 0 N–H and O–H groups in total. The van der Waals surface area contributed by atoms with E-state index in [1.165, 1.54) is 0 Å². The zero-order chi connectivity index (χ0) is 23.5. The highest BCUT2D eigenvalue weighted by molar-refractivity contribution is 6.30. The van der Waals surface area contributed by atoms with Crippen LogP contribution in [0.25, 0.3) is 0 Å². The number of β-lactam (4-membered cyclic amide) rings is 1. The maximum absolute atomic E-state index is 13.3. The van der Waals surface area contributed by atoms with Gasteiger partial charge in [0.2, 0.25) is 6.10 Å². The van der Waals surface area contributed by atoms with Crippen LogP contribution in [0, 0.1) is 6.92 Å². The van der Waals surface area contributed by atoms with Crippen LogP contribution in [0.4, 0.5) is 5.69 Å². The summed E-state index contributed by atoms with van der Waals surface area (Å²) in [5.74, 6) is 0.656. The first-order valence-corrected chi connectivity index (χ1v) is 11.0. The van der Waals surface area contributed by atoms with Gasteiger partial charge in [-0.25, -0.2) is 4.79 Å². The number of methoxy groups -OCH3 is 1. The van der Waals surface area contributed by atoms with Gasteiger partial charge in [0.1, 0.15) is 17.5 Å². The summed E-state index contributed by atoms with van der Waals surface area (Å²) in [6.07, 6.45) is -0.745. The molecule has 1 heterocycles. The molecule has 1 aliphatic rings. The van der Waals surface area contributed by atoms with Gasteiger partial charge in [0.05, 0.1) is 19.3 Å². The lowest BCUT2D eigenvalue weighted by Gasteiger charge is -2.47. The molecule has 0 bridgehead atoms. The van der Waals surface area contributed by atoms with Crippen molar-refractivity contribution in [1.82, 2.24) is 0 Å². The lowest BCUT2D eigenvalue weighted by molar-refractivity contribution is -0.135. The Kier molecular flexibility index (Phi) is 6.56. The third-order valence-electron chi connectivity index (χ3n) is 5.55. The standard InChI is InChI=1S/C26H24ClNO5/c1-4-32-26(30)17-9-12-19(13-10-17)28-23(20-7-5-6-8-22(20)31-3)24(25(28)29)33-21-14-11-18(27)15-16(21)2/h5-15,23-24H,4H2,1-3H3/t23-,24+/m0/s1. The number of halogens is 1. The zero-order valence-corrected chi connectivity index (χ0v) is 19.3. The van der Waals surface area contributed by atoms with Crippen LogP contribution in [0.3, 0.4) is 0 Å². The summed E-state index contributed by atoms with van der Waals surface area (Å²) in [6.45, 7) is 3.93. The van der Waals surface area contributed by atoms with Gasteiger partial charge < -0.3 is 14.2 Å². The molecule has 33 heavy (non-hydrogen) atoms. The van der Waals surface area contributed by atoms with Crippen LogP contribution in [0.2, 0.25) is 5.02 Å². The van der Waals surface area contributed by atoms with E-state index in [9.17, 15) is 9.59 Å². The van der Waals surface area contributed by atoms with Crippen molar-refractivity contribution < 1.29 is 23.8 Å². The van der Waals surface area contributed by atoms with Crippen LogP contribution in [-0.4, -0.2) is 31.7 Å². The molecule has 0 saturated carbocycles. The highest BCUT2D eigenvalue weighted by Crippen LogP contribution is 2.44. The molecule has 3 aromatic rings. The Balaban J connectivity index is 1.69. The van der Waals surface area contributed by atoms with E-state index in [4.69, 9.17) is 25.8 Å². The molecule has 0 unspecified atom stereocenters. The van der Waals surface area contributed by atoms with Crippen molar-refractivity contribution in [1.29, 1.82) is 0 Å². The van der Waals surface area contributed by atoms with Gasteiger partial charge in [0.15, 0.2) is 0 Å². The summed E-state index contributed by atoms with van der Waals surface area (Å²) in [4.78, 5) is 27.0. The number of hydrogen-bond donors (Lipinski definition) is 0. The number of benzene rings is 3. The third kappa shape index (κ3) is 4.39. The van der Waals surface area contributed by atoms with Gasteiger partial charge in [0, 0.05) is 16.3 Å². The molecule has 0 aliphatic carbocycles. The number of aryl methyl sites for hydroxylation is 1. The molecule has 1 aliphatic heterocycles. The third-order valence-corrected chi connectivity index (χ3v) is 5.79. The van der Waals surface area contributed by atoms with Gasteiger partial charge in [0.25, 0.3) is 5.91 Å². The molecular formula is C26H24ClNO5. The van der Waals surface area contributed by atoms with Gasteiger partial charge >= 0.3 is 5.97 Å². The molecule has 1 saturated heterocycles. The summed E-state index contributed by atoms with van der Waals surface area (Å²) in [6, 6.07) is 19.2. The molecule has 1 amide bonds. The Bertz CT molecular complexity index is 1180. The average molecular weight is 466 g/mol. The Morgan fingerprint density at radius 2 is 1.76 bits per heavy atom. The average Bonchev–Trinajstić information content (AvgIpc) is 2.82. The summed E-state index contributed by atoms with van der Waals surface area (Å²) in [7, 11) is 1.59. The number of anilines is 1. The number of ether oxygens (including phenoxy) is 3. The van der Waals surface area contributed by atoms with E-state index >= 15 is 0 Å². The minimum Gasteiger partial charge on any atom is -0.496 e. The van der Waals surface area contributed by atoms with E-state index in [2.05, 4.69) is 0 Å². The fourth-order valence-electron chi connectivity index (χ4n) is 3.93. The minimum absolute atomic E-state index is 0.191. The number of nitrogens with zero attached hydrogens (tertiary/aromatic N) is 1. The first kappa shape index (κ1) is 22.7. The largest absolute Gasteiger partial charge is 0.496 e. The molecule has 4 rings (SSSR count). The molecule has 0 radical (unpaired) electrons. The number of amides is 1. The predicted octanol–water partition coefficient (Wildman–Crippen LogP) is 5.37. The van der Waals surface area contributed by atoms with Crippen LogP contribution >= 0.6 is 11.6 Å². The van der Waals surface area contributed by atoms with Crippen molar-refractivity contribution >= 4 is 29.2 Å². The van der Waals surface area contributed by atoms with Gasteiger partial charge in [-0.15, -0.1) is 0 Å². The molecule has 0 aromatic heterocycles. The Morgan fingerprint density at radius 1 is 1.03 bits per heavy atom. The number of hydrogen-bond acceptors (Lipinski definition) is 5. The topological polar surface area (TPSA) is 65.1 Å². The lowest BCUT2D eigenvalue weighted by atomic mass is 9.88. The first-order chi connectivity index (χ1) is 15.9. The van der Waals surface area contributed by atoms with Gasteiger partial charge in [-0.05, 0) is 67.9 Å². The van der Waals surface area contributed by atoms with Crippen LogP contribution in [0.5, 0.6) is 11.5 Å². The fourth-order valence-corrected chi connectivity index (χ4v) is 4.16. The number of para-hydroxylation sites is 1. The maximum Gasteiger partial charge on any atom is 0.338 e. The van der Waals surface area contributed by atoms with Crippen molar-refractivity contribution in [3.63, 3.8) is 0 Å². The molecule has 0 spiro atoms. The van der Waals surface area contributed by atoms with Crippen molar-refractivity contribution in [3.8, 4) is 11.5 Å². The monoisotopic (exact) mass is 465 g/mol. The number of esters is 1. The van der Waals surface area contributed by atoms with Crippen LogP contribution in [-0.2, 0) is 9.53 Å². The second-order valence-corrected chi connectivity index (χ2v) is 8.05. The highest BCUT2D eigenvalue weighted by Gasteiger charge is 2.52. The van der Waals surface area contributed by atoms with E-state index in [-0.39, 0.29) is 5.91 Å². The Morgan fingerprint density at radius 3 is 2.42 bits per heavy atom. The molecule has 170 valence electrons. The molecule has 1 fully saturated rings. The highest BCUT2D eigenvalue weighted by atomic mass is 35.5. The summed E-state index contributed by atoms with van der Waals surface area (Å²) >= 11 is 6.07. The molecule has 2 atom stereocenters. The Hall–Kier alpha value is -3.51.